The number of anilines is 1. The third-order valence-corrected chi connectivity index (χ3v) is 5.23. The van der Waals surface area contributed by atoms with Crippen molar-refractivity contribution in [1.82, 2.24) is 4.57 Å². The zero-order valence-corrected chi connectivity index (χ0v) is 18.2. The molecule has 3 aromatic rings. The van der Waals surface area contributed by atoms with Crippen LogP contribution < -0.4 is 11.3 Å². The van der Waals surface area contributed by atoms with Gasteiger partial charge in [0.15, 0.2) is 0 Å². The third kappa shape index (κ3) is 5.59. The number of benzene rings is 2. The Labute approximate surface area is 185 Å². The van der Waals surface area contributed by atoms with Gasteiger partial charge in [0.25, 0.3) is 5.56 Å². The number of unbranched alkanes of at least 4 members (excludes halogenated alkanes) is 1. The van der Waals surface area contributed by atoms with E-state index in [0.29, 0.717) is 18.8 Å². The Hall–Kier alpha value is -3.06. The molecule has 0 fully saturated rings. The molecule has 1 aromatic heterocycles. The molecular weight excluding hydrogens is 417 g/mol. The van der Waals surface area contributed by atoms with Crippen molar-refractivity contribution >= 4 is 5.69 Å². The van der Waals surface area contributed by atoms with Gasteiger partial charge >= 0.3 is 6.18 Å². The van der Waals surface area contributed by atoms with E-state index in [2.05, 4.69) is 6.92 Å². The van der Waals surface area contributed by atoms with Gasteiger partial charge < -0.3 is 15.0 Å². The van der Waals surface area contributed by atoms with Gasteiger partial charge in [-0.3, -0.25) is 4.79 Å². The Morgan fingerprint density at radius 2 is 1.72 bits per heavy atom. The minimum atomic E-state index is -4.72. The summed E-state index contributed by atoms with van der Waals surface area (Å²) >= 11 is 0. The van der Waals surface area contributed by atoms with E-state index >= 15 is 0 Å². The van der Waals surface area contributed by atoms with Crippen LogP contribution in [0.15, 0.2) is 59.4 Å². The number of ether oxygens (including phenoxy) is 1. The second-order valence-electron chi connectivity index (χ2n) is 7.84. The maximum absolute atomic E-state index is 13.5. The molecule has 1 heterocycles. The number of hydrogen-bond donors (Lipinski definition) is 1. The van der Waals surface area contributed by atoms with Crippen LogP contribution in [0.2, 0.25) is 0 Å². The predicted molar refractivity (Wildman–Crippen MR) is 120 cm³/mol. The average Bonchev–Trinajstić information content (AvgIpc) is 2.75. The minimum Gasteiger partial charge on any atom is -0.394 e. The highest BCUT2D eigenvalue weighted by Gasteiger charge is 2.35. The number of rotatable bonds is 8. The number of aryl methyl sites for hydroxylation is 1. The number of alkyl halides is 3. The van der Waals surface area contributed by atoms with E-state index in [1.54, 1.807) is 18.2 Å². The molecule has 0 aliphatic heterocycles. The second kappa shape index (κ2) is 10.0. The molecule has 170 valence electrons. The van der Waals surface area contributed by atoms with E-state index in [0.717, 1.165) is 35.6 Å². The molecule has 0 saturated carbocycles. The molecule has 2 N–H and O–H groups in total. The van der Waals surface area contributed by atoms with Gasteiger partial charge in [-0.05, 0) is 42.2 Å². The summed E-state index contributed by atoms with van der Waals surface area (Å²) in [5.74, 6) is 0. The number of nitrogens with two attached hydrogens (primary N) is 1. The molecule has 0 unspecified atom stereocenters. The topological polar surface area (TPSA) is 57.2 Å². The van der Waals surface area contributed by atoms with Crippen molar-refractivity contribution in [2.75, 3.05) is 12.3 Å². The molecule has 0 atom stereocenters. The zero-order valence-electron chi connectivity index (χ0n) is 18.2. The van der Waals surface area contributed by atoms with Crippen molar-refractivity contribution in [3.05, 3.63) is 87.2 Å². The van der Waals surface area contributed by atoms with Crippen molar-refractivity contribution in [3.63, 3.8) is 0 Å². The van der Waals surface area contributed by atoms with Gasteiger partial charge in [0.2, 0.25) is 0 Å². The molecule has 32 heavy (non-hydrogen) atoms. The molecule has 0 spiro atoms. The summed E-state index contributed by atoms with van der Waals surface area (Å²) in [5.41, 5.74) is 6.20. The van der Waals surface area contributed by atoms with Gasteiger partial charge in [-0.25, -0.2) is 0 Å². The highest BCUT2D eigenvalue weighted by atomic mass is 19.4. The highest BCUT2D eigenvalue weighted by Crippen LogP contribution is 2.35. The normalized spacial score (nSPS) is 11.7. The van der Waals surface area contributed by atoms with Crippen LogP contribution in [-0.2, 0) is 24.1 Å². The van der Waals surface area contributed by atoms with Gasteiger partial charge in [-0.2, -0.15) is 13.2 Å². The Balaban J connectivity index is 1.98. The Morgan fingerprint density at radius 3 is 2.34 bits per heavy atom. The van der Waals surface area contributed by atoms with Gasteiger partial charge in [-0.15, -0.1) is 0 Å². The van der Waals surface area contributed by atoms with E-state index in [1.807, 2.05) is 37.3 Å². The molecular formula is C25H27F3N2O2. The molecule has 0 saturated heterocycles. The Bertz CT molecular complexity index is 1120. The van der Waals surface area contributed by atoms with Crippen LogP contribution in [0.5, 0.6) is 0 Å². The van der Waals surface area contributed by atoms with Crippen LogP contribution in [0.3, 0.4) is 0 Å². The SMILES string of the molecule is CCCCOCc1ccc(Cn2c(-c3cccc(C)c3)cc(C(F)(F)F)c(N)c2=O)cc1. The third-order valence-electron chi connectivity index (χ3n) is 5.23. The lowest BCUT2D eigenvalue weighted by Gasteiger charge is -2.18. The number of pyridine rings is 1. The molecule has 0 radical (unpaired) electrons. The molecule has 4 nitrogen and oxygen atoms in total. The fraction of sp³-hybridized carbons (Fsp3) is 0.320. The van der Waals surface area contributed by atoms with E-state index in [1.165, 1.54) is 4.57 Å². The van der Waals surface area contributed by atoms with Crippen LogP contribution in [0.1, 0.15) is 42.0 Å². The molecule has 7 heteroatoms. The van der Waals surface area contributed by atoms with E-state index in [9.17, 15) is 18.0 Å². The van der Waals surface area contributed by atoms with Crippen molar-refractivity contribution in [1.29, 1.82) is 0 Å². The number of halogens is 3. The lowest BCUT2D eigenvalue weighted by atomic mass is 10.0. The van der Waals surface area contributed by atoms with Gasteiger partial charge in [0.05, 0.1) is 24.4 Å². The molecule has 0 aliphatic carbocycles. The van der Waals surface area contributed by atoms with E-state index in [-0.39, 0.29) is 12.2 Å². The molecule has 0 aliphatic rings. The second-order valence-corrected chi connectivity index (χ2v) is 7.84. The van der Waals surface area contributed by atoms with Gasteiger partial charge in [0.1, 0.15) is 5.69 Å². The minimum absolute atomic E-state index is 0.0986. The zero-order chi connectivity index (χ0) is 23.3. The monoisotopic (exact) mass is 444 g/mol. The van der Waals surface area contributed by atoms with Crippen LogP contribution in [-0.4, -0.2) is 11.2 Å². The summed E-state index contributed by atoms with van der Waals surface area (Å²) in [6.07, 6.45) is -2.66. The van der Waals surface area contributed by atoms with Crippen LogP contribution in [0.4, 0.5) is 18.9 Å². The fourth-order valence-electron chi connectivity index (χ4n) is 3.46. The Kier molecular flexibility index (Phi) is 7.40. The maximum Gasteiger partial charge on any atom is 0.418 e. The Morgan fingerprint density at radius 1 is 1.03 bits per heavy atom. The largest absolute Gasteiger partial charge is 0.418 e. The molecule has 2 aromatic carbocycles. The van der Waals surface area contributed by atoms with Crippen molar-refractivity contribution in [2.45, 2.75) is 46.0 Å². The first kappa shape index (κ1) is 23.6. The lowest BCUT2D eigenvalue weighted by molar-refractivity contribution is -0.137. The average molecular weight is 444 g/mol. The van der Waals surface area contributed by atoms with Crippen LogP contribution in [0.25, 0.3) is 11.3 Å². The highest BCUT2D eigenvalue weighted by molar-refractivity contribution is 5.65. The van der Waals surface area contributed by atoms with Crippen molar-refractivity contribution < 1.29 is 17.9 Å². The summed E-state index contributed by atoms with van der Waals surface area (Å²) in [6, 6.07) is 15.5. The fourth-order valence-corrected chi connectivity index (χ4v) is 3.46. The van der Waals surface area contributed by atoms with E-state index < -0.39 is 23.0 Å². The number of nitrogens with zero attached hydrogens (tertiary/aromatic N) is 1. The number of nitrogen functional groups attached to an aromatic ring is 1. The van der Waals surface area contributed by atoms with E-state index in [4.69, 9.17) is 10.5 Å². The van der Waals surface area contributed by atoms with Crippen LogP contribution >= 0.6 is 0 Å². The molecule has 0 amide bonds. The standard InChI is InChI=1S/C25H27F3N2O2/c1-3-4-12-32-16-19-10-8-18(9-11-19)15-30-22(20-7-5-6-17(2)13-20)14-21(25(26,27)28)23(29)24(30)31/h5-11,13-14H,3-4,12,15-16,29H2,1-2H3. The molecule has 3 rings (SSSR count). The van der Waals surface area contributed by atoms with Crippen molar-refractivity contribution in [2.24, 2.45) is 0 Å². The maximum atomic E-state index is 13.5. The van der Waals surface area contributed by atoms with Gasteiger partial charge in [0, 0.05) is 6.61 Å². The first-order valence-corrected chi connectivity index (χ1v) is 10.5. The summed E-state index contributed by atoms with van der Waals surface area (Å²) in [7, 11) is 0. The lowest BCUT2D eigenvalue weighted by Crippen LogP contribution is -2.28. The number of hydrogen-bond acceptors (Lipinski definition) is 3. The first-order chi connectivity index (χ1) is 15.2. The quantitative estimate of drug-likeness (QED) is 0.448. The van der Waals surface area contributed by atoms with Crippen molar-refractivity contribution in [3.8, 4) is 11.3 Å². The predicted octanol–water partition coefficient (Wildman–Crippen LogP) is 5.79. The van der Waals surface area contributed by atoms with Crippen LogP contribution in [0, 0.1) is 6.92 Å². The summed E-state index contributed by atoms with van der Waals surface area (Å²) in [4.78, 5) is 12.9. The molecule has 0 bridgehead atoms. The first-order valence-electron chi connectivity index (χ1n) is 10.5. The number of aromatic nitrogens is 1. The summed E-state index contributed by atoms with van der Waals surface area (Å²) in [6.45, 7) is 5.22. The summed E-state index contributed by atoms with van der Waals surface area (Å²) in [5, 5.41) is 0. The smallest absolute Gasteiger partial charge is 0.394 e. The van der Waals surface area contributed by atoms with Gasteiger partial charge in [-0.1, -0.05) is 61.4 Å². The summed E-state index contributed by atoms with van der Waals surface area (Å²) < 4.78 is 47.5.